The van der Waals surface area contributed by atoms with E-state index in [-0.39, 0.29) is 5.91 Å². The summed E-state index contributed by atoms with van der Waals surface area (Å²) in [6.45, 7) is 0. The lowest BCUT2D eigenvalue weighted by molar-refractivity contribution is 0.0827. The van der Waals surface area contributed by atoms with Gasteiger partial charge in [0.1, 0.15) is 0 Å². The van der Waals surface area contributed by atoms with Crippen LogP contribution < -0.4 is 4.74 Å². The molecule has 0 unspecified atom stereocenters. The molecule has 0 saturated carbocycles. The van der Waals surface area contributed by atoms with Crippen molar-refractivity contribution in [3.05, 3.63) is 27.7 Å². The molecule has 1 aromatic rings. The Morgan fingerprint density at radius 3 is 2.07 bits per heavy atom. The van der Waals surface area contributed by atoms with Crippen LogP contribution in [0.2, 0.25) is 10.0 Å². The highest BCUT2D eigenvalue weighted by Crippen LogP contribution is 2.33. The molecule has 15 heavy (non-hydrogen) atoms. The number of halogens is 2. The third-order valence-electron chi connectivity index (χ3n) is 1.86. The summed E-state index contributed by atoms with van der Waals surface area (Å²) in [6, 6.07) is 3.07. The highest BCUT2D eigenvalue weighted by atomic mass is 35.5. The van der Waals surface area contributed by atoms with E-state index in [9.17, 15) is 4.79 Å². The zero-order valence-electron chi connectivity index (χ0n) is 8.67. The smallest absolute Gasteiger partial charge is 0.253 e. The van der Waals surface area contributed by atoms with Crippen LogP contribution in [0.3, 0.4) is 0 Å². The first-order valence-electron chi connectivity index (χ1n) is 4.22. The van der Waals surface area contributed by atoms with Gasteiger partial charge in [-0.2, -0.15) is 0 Å². The third kappa shape index (κ3) is 2.55. The minimum atomic E-state index is -0.151. The molecule has 0 radical (unpaired) electrons. The zero-order valence-corrected chi connectivity index (χ0v) is 10.2. The predicted octanol–water partition coefficient (Wildman–Crippen LogP) is 2.70. The van der Waals surface area contributed by atoms with Gasteiger partial charge in [0.05, 0.1) is 17.2 Å². The number of methoxy groups -OCH3 is 1. The summed E-state index contributed by atoms with van der Waals surface area (Å²) >= 11 is 11.8. The zero-order chi connectivity index (χ0) is 11.6. The van der Waals surface area contributed by atoms with Crippen LogP contribution in [0, 0.1) is 0 Å². The number of hydrogen-bond acceptors (Lipinski definition) is 2. The van der Waals surface area contributed by atoms with Crippen molar-refractivity contribution in [3.8, 4) is 5.75 Å². The Hall–Kier alpha value is -0.930. The van der Waals surface area contributed by atoms with Crippen LogP contribution in [0.25, 0.3) is 0 Å². The fraction of sp³-hybridized carbons (Fsp3) is 0.300. The van der Waals surface area contributed by atoms with Crippen LogP contribution in [0.1, 0.15) is 10.4 Å². The van der Waals surface area contributed by atoms with Gasteiger partial charge >= 0.3 is 0 Å². The van der Waals surface area contributed by atoms with Crippen molar-refractivity contribution >= 4 is 29.1 Å². The maximum atomic E-state index is 11.6. The number of amides is 1. The third-order valence-corrected chi connectivity index (χ3v) is 2.42. The lowest BCUT2D eigenvalue weighted by Crippen LogP contribution is -2.21. The van der Waals surface area contributed by atoms with Crippen LogP contribution in [-0.2, 0) is 0 Å². The number of nitrogens with zero attached hydrogens (tertiary/aromatic N) is 1. The second-order valence-corrected chi connectivity index (χ2v) is 3.99. The van der Waals surface area contributed by atoms with Gasteiger partial charge in [0.15, 0.2) is 5.75 Å². The van der Waals surface area contributed by atoms with Gasteiger partial charge in [-0.1, -0.05) is 23.2 Å². The van der Waals surface area contributed by atoms with E-state index in [2.05, 4.69) is 0 Å². The second-order valence-electron chi connectivity index (χ2n) is 3.17. The molecule has 0 atom stereocenters. The summed E-state index contributed by atoms with van der Waals surface area (Å²) in [4.78, 5) is 13.1. The molecular formula is C10H11Cl2NO2. The fourth-order valence-electron chi connectivity index (χ4n) is 1.14. The minimum absolute atomic E-state index is 0.151. The quantitative estimate of drug-likeness (QED) is 0.805. The summed E-state index contributed by atoms with van der Waals surface area (Å²) in [6.07, 6.45) is 0. The molecule has 82 valence electrons. The van der Waals surface area contributed by atoms with E-state index >= 15 is 0 Å². The molecule has 5 heteroatoms. The SMILES string of the molecule is COc1c(Cl)cc(C(=O)N(C)C)cc1Cl. The minimum Gasteiger partial charge on any atom is -0.494 e. The van der Waals surface area contributed by atoms with Gasteiger partial charge in [-0.15, -0.1) is 0 Å². The van der Waals surface area contributed by atoms with E-state index in [1.165, 1.54) is 24.1 Å². The summed E-state index contributed by atoms with van der Waals surface area (Å²) < 4.78 is 4.98. The summed E-state index contributed by atoms with van der Waals surface area (Å²) in [7, 11) is 4.79. The first-order chi connectivity index (χ1) is 6.97. The molecule has 0 fully saturated rings. The standard InChI is InChI=1S/C10H11Cl2NO2/c1-13(2)10(14)6-4-7(11)9(15-3)8(12)5-6/h4-5H,1-3H3. The molecule has 0 aliphatic carbocycles. The second kappa shape index (κ2) is 4.73. The topological polar surface area (TPSA) is 29.5 Å². The molecule has 0 aliphatic rings. The van der Waals surface area contributed by atoms with Gasteiger partial charge < -0.3 is 9.64 Å². The maximum Gasteiger partial charge on any atom is 0.253 e. The molecule has 0 N–H and O–H groups in total. The van der Waals surface area contributed by atoms with Crippen molar-refractivity contribution in [2.75, 3.05) is 21.2 Å². The lowest BCUT2D eigenvalue weighted by Gasteiger charge is -2.12. The average molecular weight is 248 g/mol. The van der Waals surface area contributed by atoms with Crippen LogP contribution in [-0.4, -0.2) is 32.0 Å². The predicted molar refractivity (Wildman–Crippen MR) is 61.0 cm³/mol. The molecule has 1 aromatic carbocycles. The molecule has 1 rings (SSSR count). The molecule has 0 spiro atoms. The van der Waals surface area contributed by atoms with E-state index in [0.29, 0.717) is 21.4 Å². The molecule has 3 nitrogen and oxygen atoms in total. The van der Waals surface area contributed by atoms with Crippen LogP contribution >= 0.6 is 23.2 Å². The van der Waals surface area contributed by atoms with Crippen molar-refractivity contribution < 1.29 is 9.53 Å². The maximum absolute atomic E-state index is 11.6. The monoisotopic (exact) mass is 247 g/mol. The van der Waals surface area contributed by atoms with Crippen molar-refractivity contribution in [2.45, 2.75) is 0 Å². The molecule has 0 heterocycles. The van der Waals surface area contributed by atoms with Crippen molar-refractivity contribution in [1.29, 1.82) is 0 Å². The van der Waals surface area contributed by atoms with Crippen LogP contribution in [0.4, 0.5) is 0 Å². The van der Waals surface area contributed by atoms with E-state index in [1.807, 2.05) is 0 Å². The van der Waals surface area contributed by atoms with Gasteiger partial charge in [-0.05, 0) is 12.1 Å². The molecule has 0 aromatic heterocycles. The van der Waals surface area contributed by atoms with Gasteiger partial charge in [0, 0.05) is 19.7 Å². The average Bonchev–Trinajstić information content (AvgIpc) is 2.15. The number of benzene rings is 1. The normalized spacial score (nSPS) is 9.93. The summed E-state index contributed by atoms with van der Waals surface area (Å²) in [5, 5.41) is 0.658. The highest BCUT2D eigenvalue weighted by Gasteiger charge is 2.14. The molecule has 1 amide bonds. The summed E-state index contributed by atoms with van der Waals surface area (Å²) in [5.74, 6) is 0.232. The Balaban J connectivity index is 3.20. The first-order valence-corrected chi connectivity index (χ1v) is 4.97. The van der Waals surface area contributed by atoms with Gasteiger partial charge in [0.25, 0.3) is 5.91 Å². The number of rotatable bonds is 2. The fourth-order valence-corrected chi connectivity index (χ4v) is 1.78. The Bertz CT molecular complexity index is 368. The van der Waals surface area contributed by atoms with Crippen molar-refractivity contribution in [3.63, 3.8) is 0 Å². The number of hydrogen-bond donors (Lipinski definition) is 0. The number of carbonyl (C=O) groups is 1. The van der Waals surface area contributed by atoms with E-state index < -0.39 is 0 Å². The van der Waals surface area contributed by atoms with Crippen LogP contribution in [0.5, 0.6) is 5.75 Å². The number of ether oxygens (including phenoxy) is 1. The van der Waals surface area contributed by atoms with Gasteiger partial charge in [-0.3, -0.25) is 4.79 Å². The lowest BCUT2D eigenvalue weighted by atomic mass is 10.2. The first kappa shape index (κ1) is 12.1. The molecular weight excluding hydrogens is 237 g/mol. The number of carbonyl (C=O) groups excluding carboxylic acids is 1. The van der Waals surface area contributed by atoms with Gasteiger partial charge in [-0.25, -0.2) is 0 Å². The Labute approximate surface area is 98.5 Å². The molecule has 0 aliphatic heterocycles. The summed E-state index contributed by atoms with van der Waals surface area (Å²) in [5.41, 5.74) is 0.441. The largest absolute Gasteiger partial charge is 0.494 e. The molecule has 0 bridgehead atoms. The molecule has 0 saturated heterocycles. The van der Waals surface area contributed by atoms with Gasteiger partial charge in [0.2, 0.25) is 0 Å². The van der Waals surface area contributed by atoms with Crippen LogP contribution in [0.15, 0.2) is 12.1 Å². The van der Waals surface area contributed by atoms with Crippen molar-refractivity contribution in [2.24, 2.45) is 0 Å². The highest BCUT2D eigenvalue weighted by molar-refractivity contribution is 6.37. The Kier molecular flexibility index (Phi) is 3.83. The van der Waals surface area contributed by atoms with E-state index in [0.717, 1.165) is 0 Å². The Morgan fingerprint density at radius 1 is 1.27 bits per heavy atom. The Morgan fingerprint density at radius 2 is 1.73 bits per heavy atom. The van der Waals surface area contributed by atoms with Crippen molar-refractivity contribution in [1.82, 2.24) is 4.90 Å². The van der Waals surface area contributed by atoms with E-state index in [1.54, 1.807) is 14.1 Å². The van der Waals surface area contributed by atoms with E-state index in [4.69, 9.17) is 27.9 Å².